The summed E-state index contributed by atoms with van der Waals surface area (Å²) in [7, 11) is -3.30. The number of aryl methyl sites for hydroxylation is 1. The molecule has 0 bridgehead atoms. The van der Waals surface area contributed by atoms with Crippen LogP contribution >= 0.6 is 11.3 Å². The highest BCUT2D eigenvalue weighted by molar-refractivity contribution is 7.91. The molecular formula is C13H21NO3S2. The van der Waals surface area contributed by atoms with Gasteiger partial charge >= 0.3 is 0 Å². The van der Waals surface area contributed by atoms with Crippen molar-refractivity contribution in [3.8, 4) is 0 Å². The van der Waals surface area contributed by atoms with Gasteiger partial charge in [-0.1, -0.05) is 0 Å². The first kappa shape index (κ1) is 15.0. The second-order valence-corrected chi connectivity index (χ2v) is 7.88. The van der Waals surface area contributed by atoms with Crippen LogP contribution in [0.4, 0.5) is 0 Å². The average molecular weight is 303 g/mol. The first-order valence-corrected chi connectivity index (χ1v) is 9.10. The standard InChI is InChI=1S/C13H21NO3S2/c1-11-9-13(18-10-11)19(15,16)14-7-3-2-5-12-6-4-8-17-12/h9-10,12,14H,2-8H2,1H3. The molecule has 1 atom stereocenters. The Morgan fingerprint density at radius 3 is 2.95 bits per heavy atom. The van der Waals surface area contributed by atoms with E-state index >= 15 is 0 Å². The van der Waals surface area contributed by atoms with E-state index in [1.165, 1.54) is 11.3 Å². The van der Waals surface area contributed by atoms with Crippen molar-refractivity contribution < 1.29 is 13.2 Å². The van der Waals surface area contributed by atoms with Crippen LogP contribution in [0.5, 0.6) is 0 Å². The van der Waals surface area contributed by atoms with Crippen molar-refractivity contribution in [2.45, 2.75) is 49.3 Å². The highest BCUT2D eigenvalue weighted by Crippen LogP contribution is 2.20. The Hall–Kier alpha value is -0.430. The van der Waals surface area contributed by atoms with Gasteiger partial charge < -0.3 is 4.74 Å². The number of hydrogen-bond acceptors (Lipinski definition) is 4. The van der Waals surface area contributed by atoms with Crippen molar-refractivity contribution in [1.82, 2.24) is 4.72 Å². The maximum Gasteiger partial charge on any atom is 0.250 e. The zero-order valence-corrected chi connectivity index (χ0v) is 12.9. The molecule has 108 valence electrons. The number of ether oxygens (including phenoxy) is 1. The summed E-state index contributed by atoms with van der Waals surface area (Å²) in [6, 6.07) is 1.71. The topological polar surface area (TPSA) is 55.4 Å². The molecule has 0 aliphatic carbocycles. The first-order valence-electron chi connectivity index (χ1n) is 6.74. The molecule has 6 heteroatoms. The lowest BCUT2D eigenvalue weighted by atomic mass is 10.1. The predicted molar refractivity (Wildman–Crippen MR) is 77.1 cm³/mol. The molecule has 1 fully saturated rings. The van der Waals surface area contributed by atoms with Gasteiger partial charge in [-0.05, 0) is 56.0 Å². The van der Waals surface area contributed by atoms with Crippen molar-refractivity contribution in [3.63, 3.8) is 0 Å². The van der Waals surface area contributed by atoms with Crippen LogP contribution in [0.2, 0.25) is 0 Å². The Kier molecular flexibility index (Phi) is 5.38. The third kappa shape index (κ3) is 4.56. The zero-order chi connectivity index (χ0) is 13.7. The molecule has 1 aromatic heterocycles. The van der Waals surface area contributed by atoms with E-state index in [2.05, 4.69) is 4.72 Å². The second kappa shape index (κ2) is 6.83. The maximum absolute atomic E-state index is 11.9. The summed E-state index contributed by atoms with van der Waals surface area (Å²) >= 11 is 1.27. The van der Waals surface area contributed by atoms with Crippen LogP contribution in [0.25, 0.3) is 0 Å². The molecule has 1 aromatic rings. The minimum atomic E-state index is -3.30. The van der Waals surface area contributed by atoms with Gasteiger partial charge in [0.1, 0.15) is 4.21 Å². The monoisotopic (exact) mass is 303 g/mol. The Balaban J connectivity index is 1.67. The molecule has 0 amide bonds. The van der Waals surface area contributed by atoms with E-state index in [9.17, 15) is 8.42 Å². The molecule has 0 saturated carbocycles. The molecule has 2 heterocycles. The van der Waals surface area contributed by atoms with Crippen molar-refractivity contribution in [2.75, 3.05) is 13.2 Å². The minimum absolute atomic E-state index is 0.400. The molecule has 4 nitrogen and oxygen atoms in total. The predicted octanol–water partition coefficient (Wildman–Crippen LogP) is 2.68. The van der Waals surface area contributed by atoms with Gasteiger partial charge in [0.15, 0.2) is 0 Å². The fourth-order valence-corrected chi connectivity index (χ4v) is 4.54. The van der Waals surface area contributed by atoms with E-state index in [-0.39, 0.29) is 0 Å². The second-order valence-electron chi connectivity index (χ2n) is 4.97. The fourth-order valence-electron chi connectivity index (χ4n) is 2.19. The smallest absolute Gasteiger partial charge is 0.250 e. The van der Waals surface area contributed by atoms with Crippen molar-refractivity contribution in [2.24, 2.45) is 0 Å². The summed E-state index contributed by atoms with van der Waals surface area (Å²) in [6.07, 6.45) is 5.63. The van der Waals surface area contributed by atoms with Gasteiger partial charge in [-0.3, -0.25) is 0 Å². The minimum Gasteiger partial charge on any atom is -0.378 e. The van der Waals surface area contributed by atoms with E-state index in [1.807, 2.05) is 12.3 Å². The summed E-state index contributed by atoms with van der Waals surface area (Å²) in [5.41, 5.74) is 0.990. The van der Waals surface area contributed by atoms with Gasteiger partial charge in [0.05, 0.1) is 6.10 Å². The lowest BCUT2D eigenvalue weighted by Gasteiger charge is -2.09. The van der Waals surface area contributed by atoms with E-state index in [4.69, 9.17) is 4.74 Å². The van der Waals surface area contributed by atoms with E-state index in [0.29, 0.717) is 16.9 Å². The van der Waals surface area contributed by atoms with Crippen LogP contribution in [-0.4, -0.2) is 27.7 Å². The van der Waals surface area contributed by atoms with E-state index < -0.39 is 10.0 Å². The summed E-state index contributed by atoms with van der Waals surface area (Å²) in [5.74, 6) is 0. The molecule has 0 radical (unpaired) electrons. The van der Waals surface area contributed by atoms with Crippen molar-refractivity contribution in [3.05, 3.63) is 17.0 Å². The van der Waals surface area contributed by atoms with Crippen LogP contribution in [-0.2, 0) is 14.8 Å². The summed E-state index contributed by atoms with van der Waals surface area (Å²) in [4.78, 5) is 0. The lowest BCUT2D eigenvalue weighted by Crippen LogP contribution is -2.24. The number of nitrogens with one attached hydrogen (secondary N) is 1. The Morgan fingerprint density at radius 2 is 2.32 bits per heavy atom. The Morgan fingerprint density at radius 1 is 1.47 bits per heavy atom. The Bertz CT molecular complexity index is 490. The third-order valence-corrected chi connectivity index (χ3v) is 6.26. The van der Waals surface area contributed by atoms with Crippen molar-refractivity contribution in [1.29, 1.82) is 0 Å². The third-order valence-electron chi connectivity index (χ3n) is 3.24. The highest BCUT2D eigenvalue weighted by atomic mass is 32.2. The number of hydrogen-bond donors (Lipinski definition) is 1. The fraction of sp³-hybridized carbons (Fsp3) is 0.692. The van der Waals surface area contributed by atoms with Crippen LogP contribution in [0.3, 0.4) is 0 Å². The summed E-state index contributed by atoms with van der Waals surface area (Å²) in [5, 5.41) is 1.85. The van der Waals surface area contributed by atoms with Crippen LogP contribution in [0.15, 0.2) is 15.7 Å². The normalized spacial score (nSPS) is 19.9. The molecule has 1 aliphatic heterocycles. The van der Waals surface area contributed by atoms with Gasteiger partial charge in [0.2, 0.25) is 10.0 Å². The number of thiophene rings is 1. The zero-order valence-electron chi connectivity index (χ0n) is 11.2. The molecular weight excluding hydrogens is 282 g/mol. The highest BCUT2D eigenvalue weighted by Gasteiger charge is 2.16. The van der Waals surface area contributed by atoms with Crippen LogP contribution in [0, 0.1) is 6.92 Å². The lowest BCUT2D eigenvalue weighted by molar-refractivity contribution is 0.102. The van der Waals surface area contributed by atoms with Crippen molar-refractivity contribution >= 4 is 21.4 Å². The van der Waals surface area contributed by atoms with Gasteiger partial charge in [-0.15, -0.1) is 11.3 Å². The molecule has 0 spiro atoms. The average Bonchev–Trinajstić information content (AvgIpc) is 3.00. The number of sulfonamides is 1. The molecule has 1 aliphatic rings. The first-order chi connectivity index (χ1) is 9.08. The maximum atomic E-state index is 11.9. The van der Waals surface area contributed by atoms with Gasteiger partial charge in [-0.2, -0.15) is 0 Å². The van der Waals surface area contributed by atoms with E-state index in [1.54, 1.807) is 6.07 Å². The quantitative estimate of drug-likeness (QED) is 0.788. The largest absolute Gasteiger partial charge is 0.378 e. The summed E-state index contributed by atoms with van der Waals surface area (Å²) in [6.45, 7) is 3.29. The Labute approximate surface area is 119 Å². The van der Waals surface area contributed by atoms with Gasteiger partial charge in [-0.25, -0.2) is 13.1 Å². The van der Waals surface area contributed by atoms with Crippen LogP contribution in [0.1, 0.15) is 37.7 Å². The molecule has 2 rings (SSSR count). The van der Waals surface area contributed by atoms with E-state index in [0.717, 1.165) is 44.3 Å². The molecule has 1 N–H and O–H groups in total. The molecule has 19 heavy (non-hydrogen) atoms. The van der Waals surface area contributed by atoms with Gasteiger partial charge in [0, 0.05) is 13.2 Å². The molecule has 1 saturated heterocycles. The molecule has 1 unspecified atom stereocenters. The van der Waals surface area contributed by atoms with Gasteiger partial charge in [0.25, 0.3) is 0 Å². The summed E-state index contributed by atoms with van der Waals surface area (Å²) < 4.78 is 32.5. The SMILES string of the molecule is Cc1csc(S(=O)(=O)NCCCCC2CCCO2)c1. The molecule has 0 aromatic carbocycles. The van der Waals surface area contributed by atoms with Crippen LogP contribution < -0.4 is 4.72 Å². The number of rotatable bonds is 7. The number of unbranched alkanes of at least 4 members (excludes halogenated alkanes) is 1.